The molecule has 1 N–H and O–H groups in total. The Bertz CT molecular complexity index is 847. The van der Waals surface area contributed by atoms with E-state index in [0.717, 1.165) is 5.56 Å². The summed E-state index contributed by atoms with van der Waals surface area (Å²) < 4.78 is 13.2. The van der Waals surface area contributed by atoms with Crippen LogP contribution in [0.2, 0.25) is 5.02 Å². The molecule has 1 aliphatic heterocycles. The molecule has 0 spiro atoms. The topological polar surface area (TPSA) is 49.4 Å². The molecule has 140 valence electrons. The lowest BCUT2D eigenvalue weighted by Gasteiger charge is -2.30. The van der Waals surface area contributed by atoms with Crippen LogP contribution in [0.1, 0.15) is 18.4 Å². The van der Waals surface area contributed by atoms with Crippen LogP contribution in [0.5, 0.6) is 0 Å². The van der Waals surface area contributed by atoms with Crippen LogP contribution in [-0.2, 0) is 9.59 Å². The van der Waals surface area contributed by atoms with Gasteiger partial charge in [-0.05, 0) is 42.7 Å². The molecule has 4 nitrogen and oxygen atoms in total. The Balaban J connectivity index is 1.50. The van der Waals surface area contributed by atoms with E-state index in [0.29, 0.717) is 31.6 Å². The highest BCUT2D eigenvalue weighted by atomic mass is 35.5. The number of carbonyl (C=O) groups is 2. The standard InChI is InChI=1S/C21H20ClFN2O2/c22-18-14-17(7-8-19(18)23)24-21(27)16-10-12-25(13-11-16)20(26)9-6-15-4-2-1-3-5-15/h1-9,14,16H,10-13H2,(H,24,27)/b9-6+. The first-order valence-corrected chi connectivity index (χ1v) is 9.18. The molecule has 0 radical (unpaired) electrons. The lowest BCUT2D eigenvalue weighted by molar-refractivity contribution is -0.130. The third-order valence-electron chi connectivity index (χ3n) is 4.58. The van der Waals surface area contributed by atoms with Crippen molar-refractivity contribution in [1.29, 1.82) is 0 Å². The van der Waals surface area contributed by atoms with Gasteiger partial charge < -0.3 is 10.2 Å². The number of nitrogens with one attached hydrogen (secondary N) is 1. The summed E-state index contributed by atoms with van der Waals surface area (Å²) in [5.74, 6) is -0.895. The van der Waals surface area contributed by atoms with E-state index in [2.05, 4.69) is 5.32 Å². The van der Waals surface area contributed by atoms with Crippen molar-refractivity contribution in [3.63, 3.8) is 0 Å². The zero-order valence-corrected chi connectivity index (χ0v) is 15.5. The van der Waals surface area contributed by atoms with Gasteiger partial charge in [0.1, 0.15) is 5.82 Å². The van der Waals surface area contributed by atoms with Crippen molar-refractivity contribution in [3.05, 3.63) is 71.0 Å². The lowest BCUT2D eigenvalue weighted by Crippen LogP contribution is -2.40. The van der Waals surface area contributed by atoms with E-state index in [1.807, 2.05) is 30.3 Å². The summed E-state index contributed by atoms with van der Waals surface area (Å²) in [5, 5.41) is 2.73. The molecule has 0 saturated carbocycles. The maximum atomic E-state index is 13.2. The number of nitrogens with zero attached hydrogens (tertiary/aromatic N) is 1. The molecule has 1 fully saturated rings. The van der Waals surface area contributed by atoms with Crippen LogP contribution in [0.3, 0.4) is 0 Å². The van der Waals surface area contributed by atoms with Gasteiger partial charge in [0.25, 0.3) is 0 Å². The molecule has 2 aromatic carbocycles. The first-order chi connectivity index (χ1) is 13.0. The van der Waals surface area contributed by atoms with Gasteiger partial charge in [0.15, 0.2) is 0 Å². The number of carbonyl (C=O) groups excluding carboxylic acids is 2. The van der Waals surface area contributed by atoms with Crippen molar-refractivity contribution in [2.24, 2.45) is 5.92 Å². The van der Waals surface area contributed by atoms with Crippen LogP contribution in [0.4, 0.5) is 10.1 Å². The van der Waals surface area contributed by atoms with Crippen molar-refractivity contribution in [2.45, 2.75) is 12.8 Å². The monoisotopic (exact) mass is 386 g/mol. The lowest BCUT2D eigenvalue weighted by atomic mass is 9.95. The van der Waals surface area contributed by atoms with Crippen LogP contribution >= 0.6 is 11.6 Å². The van der Waals surface area contributed by atoms with E-state index in [9.17, 15) is 14.0 Å². The molecule has 2 amide bonds. The Kier molecular flexibility index (Phi) is 6.24. The minimum Gasteiger partial charge on any atom is -0.339 e. The van der Waals surface area contributed by atoms with Crippen molar-refractivity contribution in [2.75, 3.05) is 18.4 Å². The molecule has 0 atom stereocenters. The molecule has 3 rings (SSSR count). The Morgan fingerprint density at radius 3 is 2.48 bits per heavy atom. The van der Waals surface area contributed by atoms with Crippen LogP contribution in [0.25, 0.3) is 6.08 Å². The molecule has 1 heterocycles. The highest BCUT2D eigenvalue weighted by Gasteiger charge is 2.26. The van der Waals surface area contributed by atoms with E-state index in [1.54, 1.807) is 17.1 Å². The fourth-order valence-electron chi connectivity index (χ4n) is 3.02. The number of hydrogen-bond donors (Lipinski definition) is 1. The highest BCUT2D eigenvalue weighted by Crippen LogP contribution is 2.23. The maximum absolute atomic E-state index is 13.2. The molecule has 6 heteroatoms. The van der Waals surface area contributed by atoms with Crippen molar-refractivity contribution >= 4 is 35.2 Å². The summed E-state index contributed by atoms with van der Waals surface area (Å²) in [6.45, 7) is 1.06. The number of piperidine rings is 1. The molecule has 0 aliphatic carbocycles. The molecular formula is C21H20ClFN2O2. The van der Waals surface area contributed by atoms with Crippen molar-refractivity contribution in [1.82, 2.24) is 4.90 Å². The highest BCUT2D eigenvalue weighted by molar-refractivity contribution is 6.31. The normalized spacial score (nSPS) is 15.1. The SMILES string of the molecule is O=C(Nc1ccc(F)c(Cl)c1)C1CCN(C(=O)/C=C/c2ccccc2)CC1. The van der Waals surface area contributed by atoms with Crippen LogP contribution < -0.4 is 5.32 Å². The number of anilines is 1. The van der Waals surface area contributed by atoms with Gasteiger partial charge in [0.2, 0.25) is 11.8 Å². The smallest absolute Gasteiger partial charge is 0.246 e. The molecular weight excluding hydrogens is 367 g/mol. The van der Waals surface area contributed by atoms with Crippen LogP contribution in [-0.4, -0.2) is 29.8 Å². The van der Waals surface area contributed by atoms with E-state index in [4.69, 9.17) is 11.6 Å². The molecule has 2 aromatic rings. The average molecular weight is 387 g/mol. The van der Waals surface area contributed by atoms with Gasteiger partial charge in [0, 0.05) is 30.8 Å². The Morgan fingerprint density at radius 1 is 1.11 bits per heavy atom. The molecule has 1 aliphatic rings. The number of hydrogen-bond acceptors (Lipinski definition) is 2. The third-order valence-corrected chi connectivity index (χ3v) is 4.87. The summed E-state index contributed by atoms with van der Waals surface area (Å²) in [7, 11) is 0. The Labute approximate surface area is 162 Å². The quantitative estimate of drug-likeness (QED) is 0.793. The van der Waals surface area contributed by atoms with Crippen molar-refractivity contribution in [3.8, 4) is 0 Å². The Hall–Kier alpha value is -2.66. The second-order valence-electron chi connectivity index (χ2n) is 6.46. The summed E-state index contributed by atoms with van der Waals surface area (Å²) in [4.78, 5) is 26.4. The number of likely N-dealkylation sites (tertiary alicyclic amines) is 1. The van der Waals surface area contributed by atoms with E-state index >= 15 is 0 Å². The van der Waals surface area contributed by atoms with Gasteiger partial charge in [-0.1, -0.05) is 41.9 Å². The van der Waals surface area contributed by atoms with E-state index < -0.39 is 5.82 Å². The number of benzene rings is 2. The molecule has 0 bridgehead atoms. The van der Waals surface area contributed by atoms with Crippen molar-refractivity contribution < 1.29 is 14.0 Å². The van der Waals surface area contributed by atoms with E-state index in [-0.39, 0.29) is 22.8 Å². The summed E-state index contributed by atoms with van der Waals surface area (Å²) in [6, 6.07) is 13.7. The zero-order valence-electron chi connectivity index (χ0n) is 14.7. The molecule has 0 unspecified atom stereocenters. The van der Waals surface area contributed by atoms with Gasteiger partial charge in [-0.15, -0.1) is 0 Å². The summed E-state index contributed by atoms with van der Waals surface area (Å²) in [6.07, 6.45) is 4.53. The minimum absolute atomic E-state index is 0.0292. The fraction of sp³-hybridized carbons (Fsp3) is 0.238. The van der Waals surface area contributed by atoms with Gasteiger partial charge in [0.05, 0.1) is 5.02 Å². The van der Waals surface area contributed by atoms with Gasteiger partial charge in [-0.25, -0.2) is 4.39 Å². The second kappa shape index (κ2) is 8.82. The summed E-state index contributed by atoms with van der Waals surface area (Å²) >= 11 is 5.73. The molecule has 27 heavy (non-hydrogen) atoms. The van der Waals surface area contributed by atoms with Crippen LogP contribution in [0.15, 0.2) is 54.6 Å². The fourth-order valence-corrected chi connectivity index (χ4v) is 3.20. The summed E-state index contributed by atoms with van der Waals surface area (Å²) in [5.41, 5.74) is 1.44. The number of amides is 2. The van der Waals surface area contributed by atoms with Crippen LogP contribution in [0, 0.1) is 11.7 Å². The predicted molar refractivity (Wildman–Crippen MR) is 105 cm³/mol. The van der Waals surface area contributed by atoms with Gasteiger partial charge in [-0.2, -0.15) is 0 Å². The van der Waals surface area contributed by atoms with Gasteiger partial charge in [-0.3, -0.25) is 9.59 Å². The van der Waals surface area contributed by atoms with E-state index in [1.165, 1.54) is 18.2 Å². The number of rotatable bonds is 4. The second-order valence-corrected chi connectivity index (χ2v) is 6.87. The van der Waals surface area contributed by atoms with Gasteiger partial charge >= 0.3 is 0 Å². The first kappa shape index (κ1) is 19.1. The average Bonchev–Trinajstić information content (AvgIpc) is 2.70. The molecule has 1 saturated heterocycles. The zero-order chi connectivity index (χ0) is 19.2. The first-order valence-electron chi connectivity index (χ1n) is 8.81. The molecule has 0 aromatic heterocycles. The number of halogens is 2. The predicted octanol–water partition coefficient (Wildman–Crippen LogP) is 4.37. The third kappa shape index (κ3) is 5.17. The largest absolute Gasteiger partial charge is 0.339 e. The minimum atomic E-state index is -0.523. The maximum Gasteiger partial charge on any atom is 0.246 e. The Morgan fingerprint density at radius 2 is 1.81 bits per heavy atom.